The summed E-state index contributed by atoms with van der Waals surface area (Å²) in [5, 5.41) is 7.03. The summed E-state index contributed by atoms with van der Waals surface area (Å²) in [6.45, 7) is 0. The summed E-state index contributed by atoms with van der Waals surface area (Å²) >= 11 is 0. The minimum atomic E-state index is -0.467. The molecule has 30 heavy (non-hydrogen) atoms. The van der Waals surface area contributed by atoms with Gasteiger partial charge in [-0.2, -0.15) is 0 Å². The second kappa shape index (κ2) is 5.43. The van der Waals surface area contributed by atoms with Crippen LogP contribution in [0.4, 0.5) is 0 Å². The van der Waals surface area contributed by atoms with Crippen LogP contribution in [0.25, 0.3) is 32.3 Å². The van der Waals surface area contributed by atoms with E-state index in [-0.39, 0.29) is 11.6 Å². The van der Waals surface area contributed by atoms with Gasteiger partial charge in [0, 0.05) is 0 Å². The molecule has 140 valence electrons. The lowest BCUT2D eigenvalue weighted by molar-refractivity contribution is -0.138. The Labute approximate surface area is 172 Å². The maximum atomic E-state index is 12.9. The molecule has 0 radical (unpaired) electrons. The summed E-state index contributed by atoms with van der Waals surface area (Å²) in [5.41, 5.74) is 3.98. The molecule has 2 unspecified atom stereocenters. The van der Waals surface area contributed by atoms with E-state index in [1.807, 2.05) is 24.3 Å². The van der Waals surface area contributed by atoms with Crippen LogP contribution in [0, 0.1) is 0 Å². The lowest BCUT2D eigenvalue weighted by atomic mass is 9.62. The van der Waals surface area contributed by atoms with E-state index in [9.17, 15) is 9.59 Å². The van der Waals surface area contributed by atoms with E-state index in [1.165, 1.54) is 21.5 Å². The molecule has 0 saturated carbocycles. The molecule has 2 nitrogen and oxygen atoms in total. The Morgan fingerprint density at radius 2 is 0.767 bits per heavy atom. The van der Waals surface area contributed by atoms with Crippen molar-refractivity contribution in [2.75, 3.05) is 0 Å². The number of hydrogen-bond donors (Lipinski definition) is 0. The molecule has 0 aromatic heterocycles. The lowest BCUT2D eigenvalue weighted by Gasteiger charge is -2.38. The highest BCUT2D eigenvalue weighted by atomic mass is 16.2. The second-order valence-corrected chi connectivity index (χ2v) is 8.45. The fourth-order valence-corrected chi connectivity index (χ4v) is 5.50. The molecule has 0 fully saturated rings. The van der Waals surface area contributed by atoms with E-state index in [1.54, 1.807) is 0 Å². The maximum Gasteiger partial charge on any atom is 0.211 e. The third-order valence-corrected chi connectivity index (χ3v) is 6.87. The predicted octanol–water partition coefficient (Wildman–Crippen LogP) is 5.88. The van der Waals surface area contributed by atoms with E-state index in [2.05, 4.69) is 60.7 Å². The Morgan fingerprint density at radius 1 is 0.400 bits per heavy atom. The van der Waals surface area contributed by atoms with E-state index >= 15 is 0 Å². The first-order chi connectivity index (χ1) is 14.7. The molecular formula is C28H16O2. The van der Waals surface area contributed by atoms with E-state index in [4.69, 9.17) is 0 Å². The first kappa shape index (κ1) is 16.1. The highest BCUT2D eigenvalue weighted by Gasteiger charge is 2.48. The van der Waals surface area contributed by atoms with Crippen LogP contribution in [0.1, 0.15) is 34.1 Å². The molecule has 0 spiro atoms. The second-order valence-electron chi connectivity index (χ2n) is 8.45. The van der Waals surface area contributed by atoms with Crippen molar-refractivity contribution in [2.24, 2.45) is 0 Å². The molecule has 0 aliphatic heterocycles. The Balaban J connectivity index is 1.55. The van der Waals surface area contributed by atoms with Crippen LogP contribution >= 0.6 is 0 Å². The molecule has 0 amide bonds. The third kappa shape index (κ3) is 1.93. The molecular weight excluding hydrogens is 368 g/mol. The van der Waals surface area contributed by atoms with Crippen LogP contribution in [-0.4, -0.2) is 11.6 Å². The molecule has 8 rings (SSSR count). The zero-order valence-corrected chi connectivity index (χ0v) is 16.1. The number of fused-ring (bicyclic) bond motifs is 4. The van der Waals surface area contributed by atoms with Crippen molar-refractivity contribution in [3.63, 3.8) is 0 Å². The number of carbonyl (C=O) groups excluding carboxylic acids is 2. The van der Waals surface area contributed by atoms with E-state index < -0.39 is 11.8 Å². The summed E-state index contributed by atoms with van der Waals surface area (Å²) in [6, 6.07) is 29.4. The zero-order chi connectivity index (χ0) is 20.0. The average Bonchev–Trinajstić information content (AvgIpc) is 2.77. The molecule has 5 aromatic carbocycles. The smallest absolute Gasteiger partial charge is 0.211 e. The van der Waals surface area contributed by atoms with Crippen LogP contribution in [0.5, 0.6) is 0 Å². The van der Waals surface area contributed by atoms with Crippen molar-refractivity contribution < 1.29 is 9.59 Å². The van der Waals surface area contributed by atoms with Gasteiger partial charge in [-0.25, -0.2) is 0 Å². The third-order valence-electron chi connectivity index (χ3n) is 6.87. The van der Waals surface area contributed by atoms with Gasteiger partial charge < -0.3 is 0 Å². The number of ketones is 2. The fourth-order valence-electron chi connectivity index (χ4n) is 5.50. The molecule has 2 atom stereocenters. The van der Waals surface area contributed by atoms with Crippen molar-refractivity contribution in [1.82, 2.24) is 0 Å². The largest absolute Gasteiger partial charge is 0.290 e. The van der Waals surface area contributed by atoms with Gasteiger partial charge in [-0.05, 0) is 91.0 Å². The van der Waals surface area contributed by atoms with Crippen LogP contribution in [-0.2, 0) is 9.59 Å². The van der Waals surface area contributed by atoms with Crippen LogP contribution in [0.3, 0.4) is 0 Å². The van der Waals surface area contributed by atoms with Gasteiger partial charge in [0.15, 0.2) is 0 Å². The number of hydrogen-bond acceptors (Lipinski definition) is 2. The molecule has 3 aliphatic carbocycles. The SMILES string of the molecule is O=C1C(=O)C2c3ccccc3C1c1cc3cc4cc5ccccc5cc4cc3cc12. The first-order valence-corrected chi connectivity index (χ1v) is 10.3. The monoisotopic (exact) mass is 384 g/mol. The van der Waals surface area contributed by atoms with Gasteiger partial charge >= 0.3 is 0 Å². The highest BCUT2D eigenvalue weighted by Crippen LogP contribution is 2.50. The van der Waals surface area contributed by atoms with Crippen molar-refractivity contribution in [3.8, 4) is 0 Å². The lowest BCUT2D eigenvalue weighted by Crippen LogP contribution is -2.40. The first-order valence-electron chi connectivity index (χ1n) is 10.3. The Hall–Kier alpha value is -3.78. The van der Waals surface area contributed by atoms with Gasteiger partial charge in [0.2, 0.25) is 11.6 Å². The van der Waals surface area contributed by atoms with Gasteiger partial charge in [0.05, 0.1) is 11.8 Å². The summed E-state index contributed by atoms with van der Waals surface area (Å²) in [7, 11) is 0. The maximum absolute atomic E-state index is 12.9. The van der Waals surface area contributed by atoms with Crippen molar-refractivity contribution >= 4 is 43.9 Å². The quantitative estimate of drug-likeness (QED) is 0.247. The Bertz CT molecular complexity index is 1470. The molecule has 0 heterocycles. The van der Waals surface area contributed by atoms with Gasteiger partial charge in [-0.3, -0.25) is 9.59 Å². The number of benzene rings is 5. The number of carbonyl (C=O) groups is 2. The number of rotatable bonds is 0. The molecule has 0 saturated heterocycles. The van der Waals surface area contributed by atoms with Crippen LogP contribution < -0.4 is 0 Å². The van der Waals surface area contributed by atoms with Crippen LogP contribution in [0.15, 0.2) is 84.9 Å². The minimum absolute atomic E-state index is 0.266. The Kier molecular flexibility index (Phi) is 2.91. The topological polar surface area (TPSA) is 34.1 Å². The Morgan fingerprint density at radius 3 is 1.23 bits per heavy atom. The summed E-state index contributed by atoms with van der Waals surface area (Å²) in [6.07, 6.45) is 0. The number of Topliss-reactive ketones (excluding diaryl/α,β-unsaturated/α-hetero) is 2. The highest BCUT2D eigenvalue weighted by molar-refractivity contribution is 6.45. The summed E-state index contributed by atoms with van der Waals surface area (Å²) in [4.78, 5) is 25.7. The van der Waals surface area contributed by atoms with E-state index in [0.717, 1.165) is 33.0 Å². The van der Waals surface area contributed by atoms with Gasteiger partial charge in [0.25, 0.3) is 0 Å². The standard InChI is InChI=1S/C28H16O2/c29-27-25-21-7-3-4-8-22(21)26(28(27)30)24-14-20-12-18-10-16-6-2-1-5-15(16)9-17(18)11-19(20)13-23(24)25/h1-14,25-26H. The summed E-state index contributed by atoms with van der Waals surface area (Å²) in [5.74, 6) is -1.47. The summed E-state index contributed by atoms with van der Waals surface area (Å²) < 4.78 is 0. The van der Waals surface area contributed by atoms with Crippen molar-refractivity contribution in [3.05, 3.63) is 107 Å². The molecule has 3 aliphatic rings. The van der Waals surface area contributed by atoms with Gasteiger partial charge in [0.1, 0.15) is 0 Å². The molecule has 5 aromatic rings. The minimum Gasteiger partial charge on any atom is -0.290 e. The van der Waals surface area contributed by atoms with Crippen LogP contribution in [0.2, 0.25) is 0 Å². The van der Waals surface area contributed by atoms with Crippen molar-refractivity contribution in [2.45, 2.75) is 11.8 Å². The van der Waals surface area contributed by atoms with E-state index in [0.29, 0.717) is 0 Å². The fraction of sp³-hybridized carbons (Fsp3) is 0.0714. The molecule has 2 heteroatoms. The molecule has 0 N–H and O–H groups in total. The van der Waals surface area contributed by atoms with Gasteiger partial charge in [-0.1, -0.05) is 48.5 Å². The predicted molar refractivity (Wildman–Crippen MR) is 119 cm³/mol. The average molecular weight is 384 g/mol. The van der Waals surface area contributed by atoms with Gasteiger partial charge in [-0.15, -0.1) is 0 Å². The normalized spacial score (nSPS) is 19.5. The molecule has 2 bridgehead atoms. The van der Waals surface area contributed by atoms with Crippen molar-refractivity contribution in [1.29, 1.82) is 0 Å². The zero-order valence-electron chi connectivity index (χ0n) is 16.1.